The fraction of sp³-hybridized carbons (Fsp3) is 0.524. The number of anilines is 2. The number of fused-ring (bicyclic) bond motifs is 1. The molecule has 1 aliphatic carbocycles. The highest BCUT2D eigenvalue weighted by Gasteiger charge is 2.33. The molecule has 2 aliphatic heterocycles. The van der Waals surface area contributed by atoms with Gasteiger partial charge in [-0.3, -0.25) is 4.79 Å². The van der Waals surface area contributed by atoms with E-state index < -0.39 is 5.82 Å². The predicted molar refractivity (Wildman–Crippen MR) is 112 cm³/mol. The molecule has 0 aromatic carbocycles. The van der Waals surface area contributed by atoms with Crippen LogP contribution in [0.2, 0.25) is 5.02 Å². The standard InChI is InChI=1S/C21H24ClFN6O/c22-12-7-15-16(10-25-19(15)24-9-12)20-26-11-17(23)21(28-20)27-13-3-1-4-14(8-13)29-6-2-5-18(29)30/h7,9,11,13-14,16H,1-6,8,10H2,(H,24,25)(H,26,27,28)/t13-,14+,16?/m0/s1. The minimum absolute atomic E-state index is 0.0829. The van der Waals surface area contributed by atoms with Crippen molar-refractivity contribution in [3.05, 3.63) is 40.7 Å². The number of carbonyl (C=O) groups excluding carboxylic acids is 1. The summed E-state index contributed by atoms with van der Waals surface area (Å²) in [5.74, 6) is 1.17. The second-order valence-electron chi connectivity index (χ2n) is 8.30. The Morgan fingerprint density at radius 3 is 2.97 bits per heavy atom. The lowest BCUT2D eigenvalue weighted by molar-refractivity contribution is -0.130. The highest BCUT2D eigenvalue weighted by molar-refractivity contribution is 6.30. The maximum atomic E-state index is 14.5. The average Bonchev–Trinajstić information content (AvgIpc) is 3.36. The normalized spacial score (nSPS) is 25.9. The number of likely N-dealkylation sites (tertiary alicyclic amines) is 1. The minimum atomic E-state index is -0.464. The van der Waals surface area contributed by atoms with Gasteiger partial charge < -0.3 is 15.5 Å². The van der Waals surface area contributed by atoms with E-state index in [0.717, 1.165) is 50.0 Å². The molecule has 0 bridgehead atoms. The Morgan fingerprint density at radius 1 is 1.23 bits per heavy atom. The van der Waals surface area contributed by atoms with Crippen LogP contribution in [0.4, 0.5) is 16.0 Å². The van der Waals surface area contributed by atoms with Gasteiger partial charge >= 0.3 is 0 Å². The van der Waals surface area contributed by atoms with E-state index in [1.54, 1.807) is 6.20 Å². The Labute approximate surface area is 179 Å². The van der Waals surface area contributed by atoms with E-state index in [-0.39, 0.29) is 29.7 Å². The van der Waals surface area contributed by atoms with Crippen molar-refractivity contribution >= 4 is 29.1 Å². The Kier molecular flexibility index (Phi) is 5.18. The summed E-state index contributed by atoms with van der Waals surface area (Å²) >= 11 is 6.11. The lowest BCUT2D eigenvalue weighted by Gasteiger charge is -2.35. The molecule has 2 fully saturated rings. The van der Waals surface area contributed by atoms with Crippen LogP contribution in [0.3, 0.4) is 0 Å². The largest absolute Gasteiger partial charge is 0.369 e. The van der Waals surface area contributed by atoms with Crippen LogP contribution in [0.25, 0.3) is 0 Å². The number of pyridine rings is 1. The maximum absolute atomic E-state index is 14.5. The Morgan fingerprint density at radius 2 is 2.13 bits per heavy atom. The number of rotatable bonds is 4. The minimum Gasteiger partial charge on any atom is -0.369 e. The van der Waals surface area contributed by atoms with E-state index >= 15 is 0 Å². The fourth-order valence-corrected chi connectivity index (χ4v) is 5.05. The number of hydrogen-bond acceptors (Lipinski definition) is 6. The summed E-state index contributed by atoms with van der Waals surface area (Å²) in [5.41, 5.74) is 0.922. The highest BCUT2D eigenvalue weighted by atomic mass is 35.5. The third-order valence-corrected chi connectivity index (χ3v) is 6.55. The van der Waals surface area contributed by atoms with Crippen molar-refractivity contribution in [2.24, 2.45) is 0 Å². The van der Waals surface area contributed by atoms with Crippen LogP contribution in [0.1, 0.15) is 55.8 Å². The summed E-state index contributed by atoms with van der Waals surface area (Å²) in [6.07, 6.45) is 8.18. The molecular formula is C21H24ClFN6O. The van der Waals surface area contributed by atoms with Gasteiger partial charge in [-0.1, -0.05) is 11.6 Å². The maximum Gasteiger partial charge on any atom is 0.222 e. The number of carbonyl (C=O) groups is 1. The van der Waals surface area contributed by atoms with Crippen molar-refractivity contribution in [2.45, 2.75) is 56.5 Å². The Bertz CT molecular complexity index is 973. The first-order valence-corrected chi connectivity index (χ1v) is 10.9. The van der Waals surface area contributed by atoms with Gasteiger partial charge in [0.05, 0.1) is 17.1 Å². The smallest absolute Gasteiger partial charge is 0.222 e. The highest BCUT2D eigenvalue weighted by Crippen LogP contribution is 2.35. The second-order valence-corrected chi connectivity index (χ2v) is 8.74. The zero-order chi connectivity index (χ0) is 20.7. The quantitative estimate of drug-likeness (QED) is 0.771. The predicted octanol–water partition coefficient (Wildman–Crippen LogP) is 3.57. The Balaban J connectivity index is 1.34. The number of nitrogens with zero attached hydrogens (tertiary/aromatic N) is 4. The first-order valence-electron chi connectivity index (χ1n) is 10.6. The number of halogens is 2. The molecule has 1 amide bonds. The van der Waals surface area contributed by atoms with Gasteiger partial charge in [-0.05, 0) is 38.2 Å². The lowest BCUT2D eigenvalue weighted by atomic mass is 9.90. The van der Waals surface area contributed by atoms with E-state index in [1.807, 2.05) is 11.0 Å². The van der Waals surface area contributed by atoms with Crippen LogP contribution in [0.15, 0.2) is 18.5 Å². The van der Waals surface area contributed by atoms with Crippen molar-refractivity contribution in [3.63, 3.8) is 0 Å². The molecule has 1 saturated carbocycles. The van der Waals surface area contributed by atoms with Crippen LogP contribution in [-0.4, -0.2) is 50.9 Å². The summed E-state index contributed by atoms with van der Waals surface area (Å²) < 4.78 is 14.5. The fourth-order valence-electron chi connectivity index (χ4n) is 4.88. The van der Waals surface area contributed by atoms with Crippen LogP contribution in [0.5, 0.6) is 0 Å². The molecule has 5 rings (SSSR count). The summed E-state index contributed by atoms with van der Waals surface area (Å²) in [7, 11) is 0. The molecule has 7 nitrogen and oxygen atoms in total. The van der Waals surface area contributed by atoms with E-state index in [2.05, 4.69) is 25.6 Å². The van der Waals surface area contributed by atoms with E-state index in [4.69, 9.17) is 11.6 Å². The molecule has 4 heterocycles. The third kappa shape index (κ3) is 3.69. The van der Waals surface area contributed by atoms with Gasteiger partial charge in [0.2, 0.25) is 5.91 Å². The molecule has 0 spiro atoms. The summed E-state index contributed by atoms with van der Waals surface area (Å²) in [4.78, 5) is 27.2. The number of hydrogen-bond donors (Lipinski definition) is 2. The molecular weight excluding hydrogens is 407 g/mol. The Hall–Kier alpha value is -2.48. The van der Waals surface area contributed by atoms with E-state index in [0.29, 0.717) is 23.8 Å². The van der Waals surface area contributed by atoms with E-state index in [9.17, 15) is 9.18 Å². The molecule has 1 unspecified atom stereocenters. The van der Waals surface area contributed by atoms with Gasteiger partial charge in [-0.25, -0.2) is 19.3 Å². The number of nitrogens with one attached hydrogen (secondary N) is 2. The van der Waals surface area contributed by atoms with Crippen LogP contribution in [-0.2, 0) is 4.79 Å². The van der Waals surface area contributed by atoms with Crippen LogP contribution >= 0.6 is 11.6 Å². The SMILES string of the molecule is O=C1CCCN1[C@@H]1CCC[C@H](Nc2nc(C3CNc4ncc(Cl)cc43)ncc2F)C1. The molecule has 0 radical (unpaired) electrons. The van der Waals surface area contributed by atoms with E-state index in [1.165, 1.54) is 6.20 Å². The second kappa shape index (κ2) is 7.98. The van der Waals surface area contributed by atoms with Gasteiger partial charge in [0, 0.05) is 43.4 Å². The van der Waals surface area contributed by atoms with Crippen LogP contribution < -0.4 is 10.6 Å². The van der Waals surface area contributed by atoms with Crippen molar-refractivity contribution < 1.29 is 9.18 Å². The first-order chi connectivity index (χ1) is 14.6. The van der Waals surface area contributed by atoms with Crippen molar-refractivity contribution in [3.8, 4) is 0 Å². The monoisotopic (exact) mass is 430 g/mol. The van der Waals surface area contributed by atoms with Gasteiger partial charge in [-0.2, -0.15) is 0 Å². The molecule has 158 valence electrons. The average molecular weight is 431 g/mol. The number of amides is 1. The molecule has 2 aromatic rings. The summed E-state index contributed by atoms with van der Waals surface area (Å²) in [6, 6.07) is 2.17. The number of aromatic nitrogens is 3. The van der Waals surface area contributed by atoms with Gasteiger partial charge in [0.25, 0.3) is 0 Å². The molecule has 3 aliphatic rings. The van der Waals surface area contributed by atoms with Crippen molar-refractivity contribution in [2.75, 3.05) is 23.7 Å². The molecule has 2 N–H and O–H groups in total. The molecule has 30 heavy (non-hydrogen) atoms. The lowest BCUT2D eigenvalue weighted by Crippen LogP contribution is -2.42. The molecule has 2 aromatic heterocycles. The summed E-state index contributed by atoms with van der Waals surface area (Å²) in [5, 5.41) is 7.07. The van der Waals surface area contributed by atoms with Gasteiger partial charge in [0.1, 0.15) is 11.6 Å². The van der Waals surface area contributed by atoms with Crippen LogP contribution in [0, 0.1) is 5.82 Å². The zero-order valence-corrected chi connectivity index (χ0v) is 17.3. The first kappa shape index (κ1) is 19.5. The molecule has 3 atom stereocenters. The third-order valence-electron chi connectivity index (χ3n) is 6.35. The van der Waals surface area contributed by atoms with Gasteiger partial charge in [0.15, 0.2) is 11.6 Å². The molecule has 1 saturated heterocycles. The van der Waals surface area contributed by atoms with Crippen molar-refractivity contribution in [1.29, 1.82) is 0 Å². The summed E-state index contributed by atoms with van der Waals surface area (Å²) in [6.45, 7) is 1.43. The zero-order valence-electron chi connectivity index (χ0n) is 16.6. The topological polar surface area (TPSA) is 83.0 Å². The van der Waals surface area contributed by atoms with Crippen molar-refractivity contribution in [1.82, 2.24) is 19.9 Å². The molecule has 9 heteroatoms. The van der Waals surface area contributed by atoms with Gasteiger partial charge in [-0.15, -0.1) is 0 Å².